The van der Waals surface area contributed by atoms with Gasteiger partial charge in [-0.1, -0.05) is 39.0 Å². The van der Waals surface area contributed by atoms with Crippen LogP contribution < -0.4 is 0 Å². The number of aliphatic hydroxyl groups is 1. The van der Waals surface area contributed by atoms with Gasteiger partial charge in [0.25, 0.3) is 0 Å². The highest BCUT2D eigenvalue weighted by atomic mass is 16.5. The van der Waals surface area contributed by atoms with Crippen molar-refractivity contribution < 1.29 is 9.84 Å². The molecule has 2 unspecified atom stereocenters. The normalized spacial score (nSPS) is 15.2. The average molecular weight is 273 g/mol. The number of pyridine rings is 1. The highest BCUT2D eigenvalue weighted by Crippen LogP contribution is 2.35. The van der Waals surface area contributed by atoms with Crippen LogP contribution in [-0.4, -0.2) is 22.8 Å². The highest BCUT2D eigenvalue weighted by molar-refractivity contribution is 5.85. The van der Waals surface area contributed by atoms with Crippen LogP contribution in [0.2, 0.25) is 0 Å². The van der Waals surface area contributed by atoms with E-state index < -0.39 is 6.10 Å². The van der Waals surface area contributed by atoms with Crippen LogP contribution in [0.15, 0.2) is 36.7 Å². The second kappa shape index (κ2) is 5.90. The lowest BCUT2D eigenvalue weighted by atomic mass is 9.82. The Morgan fingerprint density at radius 2 is 2.00 bits per heavy atom. The van der Waals surface area contributed by atoms with Gasteiger partial charge in [0.05, 0.1) is 6.10 Å². The van der Waals surface area contributed by atoms with E-state index >= 15 is 0 Å². The Bertz CT molecular complexity index is 569. The molecule has 1 N–H and O–H groups in total. The monoisotopic (exact) mass is 273 g/mol. The van der Waals surface area contributed by atoms with Crippen LogP contribution in [0.5, 0.6) is 0 Å². The Labute approximate surface area is 120 Å². The van der Waals surface area contributed by atoms with Crippen molar-refractivity contribution in [1.82, 2.24) is 4.98 Å². The van der Waals surface area contributed by atoms with Crippen LogP contribution in [0, 0.1) is 5.41 Å². The smallest absolute Gasteiger partial charge is 0.106 e. The standard InChI is InChI=1S/C17H23NO2/c1-5-20-16(17(2,3)4)15(19)14-8-6-7-12-11-18-10-9-13(12)14/h6-11,15-16,19H,5H2,1-4H3. The second-order valence-corrected chi connectivity index (χ2v) is 6.13. The lowest BCUT2D eigenvalue weighted by Gasteiger charge is -2.34. The number of benzene rings is 1. The molecular weight excluding hydrogens is 250 g/mol. The van der Waals surface area contributed by atoms with Crippen LogP contribution in [0.4, 0.5) is 0 Å². The molecule has 1 aromatic heterocycles. The van der Waals surface area contributed by atoms with Crippen molar-refractivity contribution in [3.05, 3.63) is 42.2 Å². The fraction of sp³-hybridized carbons (Fsp3) is 0.471. The van der Waals surface area contributed by atoms with E-state index in [1.165, 1.54) is 0 Å². The Morgan fingerprint density at radius 3 is 2.65 bits per heavy atom. The zero-order valence-electron chi connectivity index (χ0n) is 12.6. The van der Waals surface area contributed by atoms with Crippen molar-refractivity contribution >= 4 is 10.8 Å². The van der Waals surface area contributed by atoms with Crippen molar-refractivity contribution in [2.75, 3.05) is 6.61 Å². The summed E-state index contributed by atoms with van der Waals surface area (Å²) in [6.07, 6.45) is 2.68. The second-order valence-electron chi connectivity index (χ2n) is 6.13. The zero-order valence-corrected chi connectivity index (χ0v) is 12.6. The number of nitrogens with zero attached hydrogens (tertiary/aromatic N) is 1. The molecule has 0 saturated heterocycles. The number of ether oxygens (including phenoxy) is 1. The van der Waals surface area contributed by atoms with Gasteiger partial charge in [0, 0.05) is 24.4 Å². The van der Waals surface area contributed by atoms with Crippen molar-refractivity contribution in [3.8, 4) is 0 Å². The van der Waals surface area contributed by atoms with Crippen LogP contribution >= 0.6 is 0 Å². The maximum Gasteiger partial charge on any atom is 0.106 e. The lowest BCUT2D eigenvalue weighted by molar-refractivity contribution is -0.0893. The quantitative estimate of drug-likeness (QED) is 0.923. The molecule has 0 bridgehead atoms. The molecule has 0 amide bonds. The maximum atomic E-state index is 10.8. The van der Waals surface area contributed by atoms with Crippen molar-refractivity contribution in [2.45, 2.75) is 39.9 Å². The van der Waals surface area contributed by atoms with Gasteiger partial charge in [-0.15, -0.1) is 0 Å². The molecule has 0 saturated carbocycles. The summed E-state index contributed by atoms with van der Waals surface area (Å²) in [4.78, 5) is 4.13. The molecule has 3 nitrogen and oxygen atoms in total. The minimum Gasteiger partial charge on any atom is -0.386 e. The van der Waals surface area contributed by atoms with Gasteiger partial charge in [-0.2, -0.15) is 0 Å². The molecule has 0 aliphatic carbocycles. The van der Waals surface area contributed by atoms with Gasteiger partial charge in [-0.3, -0.25) is 4.98 Å². The first-order chi connectivity index (χ1) is 9.45. The number of hydrogen-bond acceptors (Lipinski definition) is 3. The molecular formula is C17H23NO2. The van der Waals surface area contributed by atoms with Gasteiger partial charge in [-0.25, -0.2) is 0 Å². The predicted octanol–water partition coefficient (Wildman–Crippen LogP) is 3.72. The first-order valence-corrected chi connectivity index (χ1v) is 7.07. The van der Waals surface area contributed by atoms with Gasteiger partial charge in [-0.05, 0) is 29.4 Å². The number of rotatable bonds is 4. The molecule has 0 fully saturated rings. The van der Waals surface area contributed by atoms with Gasteiger partial charge in [0.1, 0.15) is 6.10 Å². The summed E-state index contributed by atoms with van der Waals surface area (Å²) in [7, 11) is 0. The number of fused-ring (bicyclic) bond motifs is 1. The Hall–Kier alpha value is -1.45. The summed E-state index contributed by atoms with van der Waals surface area (Å²) in [5, 5.41) is 12.9. The zero-order chi connectivity index (χ0) is 14.8. The average Bonchev–Trinajstić information content (AvgIpc) is 2.42. The lowest BCUT2D eigenvalue weighted by Crippen LogP contribution is -2.35. The summed E-state index contributed by atoms with van der Waals surface area (Å²) in [6, 6.07) is 7.86. The van der Waals surface area contributed by atoms with Gasteiger partial charge in [0.2, 0.25) is 0 Å². The highest BCUT2D eigenvalue weighted by Gasteiger charge is 2.33. The number of hydrogen-bond donors (Lipinski definition) is 1. The van der Waals surface area contributed by atoms with E-state index in [1.807, 2.05) is 37.4 Å². The van der Waals surface area contributed by atoms with Crippen LogP contribution in [0.25, 0.3) is 10.8 Å². The fourth-order valence-electron chi connectivity index (χ4n) is 2.56. The molecule has 0 spiro atoms. The van der Waals surface area contributed by atoms with Gasteiger partial charge >= 0.3 is 0 Å². The minimum atomic E-state index is -0.652. The SMILES string of the molecule is CCOC(C(O)c1cccc2cnccc12)C(C)(C)C. The number of aliphatic hydroxyl groups excluding tert-OH is 1. The molecule has 108 valence electrons. The van der Waals surface area contributed by atoms with E-state index in [9.17, 15) is 5.11 Å². The predicted molar refractivity (Wildman–Crippen MR) is 81.6 cm³/mol. The largest absolute Gasteiger partial charge is 0.386 e. The molecule has 0 radical (unpaired) electrons. The third-order valence-corrected chi connectivity index (χ3v) is 3.52. The molecule has 2 atom stereocenters. The van der Waals surface area contributed by atoms with E-state index in [1.54, 1.807) is 6.20 Å². The van der Waals surface area contributed by atoms with Crippen molar-refractivity contribution in [3.63, 3.8) is 0 Å². The summed E-state index contributed by atoms with van der Waals surface area (Å²) in [5.41, 5.74) is 0.767. The molecule has 20 heavy (non-hydrogen) atoms. The van der Waals surface area contributed by atoms with E-state index in [4.69, 9.17) is 4.74 Å². The molecule has 2 aromatic rings. The van der Waals surface area contributed by atoms with E-state index in [-0.39, 0.29) is 11.5 Å². The summed E-state index contributed by atoms with van der Waals surface area (Å²) < 4.78 is 5.81. The summed E-state index contributed by atoms with van der Waals surface area (Å²) >= 11 is 0. The molecule has 1 aromatic carbocycles. The van der Waals surface area contributed by atoms with E-state index in [0.717, 1.165) is 16.3 Å². The summed E-state index contributed by atoms with van der Waals surface area (Å²) in [6.45, 7) is 8.81. The summed E-state index contributed by atoms with van der Waals surface area (Å²) in [5.74, 6) is 0. The van der Waals surface area contributed by atoms with Crippen molar-refractivity contribution in [1.29, 1.82) is 0 Å². The molecule has 3 heteroatoms. The molecule has 2 rings (SSSR count). The van der Waals surface area contributed by atoms with Gasteiger partial charge < -0.3 is 9.84 Å². The first-order valence-electron chi connectivity index (χ1n) is 7.07. The Balaban J connectivity index is 2.46. The minimum absolute atomic E-state index is 0.134. The fourth-order valence-corrected chi connectivity index (χ4v) is 2.56. The van der Waals surface area contributed by atoms with Gasteiger partial charge in [0.15, 0.2) is 0 Å². The third-order valence-electron chi connectivity index (χ3n) is 3.52. The first kappa shape index (κ1) is 14.9. The van der Waals surface area contributed by atoms with E-state index in [0.29, 0.717) is 6.61 Å². The van der Waals surface area contributed by atoms with Crippen LogP contribution in [0.3, 0.4) is 0 Å². The molecule has 0 aliphatic heterocycles. The Morgan fingerprint density at radius 1 is 1.25 bits per heavy atom. The topological polar surface area (TPSA) is 42.4 Å². The maximum absolute atomic E-state index is 10.8. The Kier molecular flexibility index (Phi) is 4.41. The molecule has 0 aliphatic rings. The van der Waals surface area contributed by atoms with Crippen LogP contribution in [0.1, 0.15) is 39.4 Å². The van der Waals surface area contributed by atoms with Crippen molar-refractivity contribution in [2.24, 2.45) is 5.41 Å². The third kappa shape index (κ3) is 3.00. The van der Waals surface area contributed by atoms with Crippen LogP contribution in [-0.2, 0) is 4.74 Å². The number of aromatic nitrogens is 1. The van der Waals surface area contributed by atoms with E-state index in [2.05, 4.69) is 25.8 Å². The molecule has 1 heterocycles.